The first-order valence-electron chi connectivity index (χ1n) is 5.92. The summed E-state index contributed by atoms with van der Waals surface area (Å²) in [7, 11) is 0. The fourth-order valence-electron chi connectivity index (χ4n) is 1.88. The molecule has 0 aliphatic carbocycles. The maximum absolute atomic E-state index is 12.5. The van der Waals surface area contributed by atoms with Gasteiger partial charge < -0.3 is 0 Å². The molecule has 20 heavy (non-hydrogen) atoms. The van der Waals surface area contributed by atoms with Crippen molar-refractivity contribution in [3.8, 4) is 0 Å². The topological polar surface area (TPSA) is 0 Å². The predicted molar refractivity (Wildman–Crippen MR) is 86.0 cm³/mol. The van der Waals surface area contributed by atoms with Gasteiger partial charge in [0.2, 0.25) is 0 Å². The van der Waals surface area contributed by atoms with Crippen molar-refractivity contribution in [2.24, 2.45) is 0 Å². The number of benzene rings is 2. The van der Waals surface area contributed by atoms with Gasteiger partial charge in [-0.1, -0.05) is 46.3 Å². The molecular weight excluding hydrogens is 444 g/mol. The first-order chi connectivity index (χ1) is 9.38. The fourth-order valence-corrected chi connectivity index (χ4v) is 3.84. The molecule has 0 saturated heterocycles. The van der Waals surface area contributed by atoms with E-state index < -0.39 is 11.7 Å². The number of halogens is 5. The zero-order chi connectivity index (χ0) is 14.8. The van der Waals surface area contributed by atoms with Crippen LogP contribution in [0.5, 0.6) is 0 Å². The van der Waals surface area contributed by atoms with Gasteiger partial charge in [-0.05, 0) is 58.3 Å². The minimum Gasteiger partial charge on any atom is -0.166 e. The van der Waals surface area contributed by atoms with Crippen molar-refractivity contribution in [2.75, 3.05) is 0 Å². The third-order valence-electron chi connectivity index (χ3n) is 2.94. The van der Waals surface area contributed by atoms with Crippen LogP contribution in [0.3, 0.4) is 0 Å². The van der Waals surface area contributed by atoms with Crippen molar-refractivity contribution in [1.29, 1.82) is 0 Å². The smallest absolute Gasteiger partial charge is 0.166 e. The third kappa shape index (κ3) is 3.97. The molecule has 2 aromatic carbocycles. The van der Waals surface area contributed by atoms with Crippen LogP contribution in [0.1, 0.15) is 21.5 Å². The molecule has 0 bridgehead atoms. The fraction of sp³-hybridized carbons (Fsp3) is 0.200. The summed E-state index contributed by atoms with van der Waals surface area (Å²) in [6.07, 6.45) is -3.63. The van der Waals surface area contributed by atoms with Crippen molar-refractivity contribution in [2.45, 2.75) is 17.4 Å². The van der Waals surface area contributed by atoms with Crippen molar-refractivity contribution in [3.63, 3.8) is 0 Å². The Morgan fingerprint density at radius 2 is 1.60 bits per heavy atom. The van der Waals surface area contributed by atoms with Crippen LogP contribution in [0.15, 0.2) is 48.5 Å². The molecular formula is C15H11BrF3I. The van der Waals surface area contributed by atoms with Crippen LogP contribution in [0.4, 0.5) is 13.2 Å². The summed E-state index contributed by atoms with van der Waals surface area (Å²) in [5, 5.41) is 0. The maximum Gasteiger partial charge on any atom is 0.416 e. The molecule has 0 amide bonds. The van der Waals surface area contributed by atoms with Crippen molar-refractivity contribution in [3.05, 3.63) is 68.8 Å². The van der Waals surface area contributed by atoms with Gasteiger partial charge in [-0.25, -0.2) is 0 Å². The Morgan fingerprint density at radius 3 is 2.15 bits per heavy atom. The summed E-state index contributed by atoms with van der Waals surface area (Å²) in [5.41, 5.74) is 1.41. The first-order valence-corrected chi connectivity index (χ1v) is 7.92. The van der Waals surface area contributed by atoms with E-state index in [0.717, 1.165) is 26.8 Å². The van der Waals surface area contributed by atoms with Gasteiger partial charge in [-0.15, -0.1) is 0 Å². The molecule has 0 N–H and O–H groups in total. The van der Waals surface area contributed by atoms with E-state index in [9.17, 15) is 13.2 Å². The van der Waals surface area contributed by atoms with Crippen molar-refractivity contribution in [1.82, 2.24) is 0 Å². The Bertz CT molecular complexity index is 578. The van der Waals surface area contributed by atoms with Crippen molar-refractivity contribution >= 4 is 38.5 Å². The molecule has 1 atom stereocenters. The Labute approximate surface area is 137 Å². The molecule has 0 aromatic heterocycles. The lowest BCUT2D eigenvalue weighted by Gasteiger charge is -2.13. The van der Waals surface area contributed by atoms with Gasteiger partial charge in [-0.2, -0.15) is 13.2 Å². The molecule has 0 aliphatic rings. The Kier molecular flexibility index (Phi) is 5.12. The van der Waals surface area contributed by atoms with E-state index in [4.69, 9.17) is 0 Å². The lowest BCUT2D eigenvalue weighted by atomic mass is 10.0. The van der Waals surface area contributed by atoms with E-state index in [-0.39, 0.29) is 4.83 Å². The van der Waals surface area contributed by atoms with Crippen LogP contribution in [0.2, 0.25) is 0 Å². The van der Waals surface area contributed by atoms with Crippen molar-refractivity contribution < 1.29 is 13.2 Å². The first kappa shape index (κ1) is 15.8. The highest BCUT2D eigenvalue weighted by Gasteiger charge is 2.29. The second kappa shape index (κ2) is 6.47. The van der Waals surface area contributed by atoms with E-state index in [0.29, 0.717) is 6.42 Å². The highest BCUT2D eigenvalue weighted by Crippen LogP contribution is 2.32. The normalized spacial score (nSPS) is 13.2. The molecule has 2 aromatic rings. The van der Waals surface area contributed by atoms with E-state index in [1.165, 1.54) is 12.1 Å². The van der Waals surface area contributed by atoms with Gasteiger partial charge in [0.1, 0.15) is 0 Å². The van der Waals surface area contributed by atoms with Gasteiger partial charge in [0.15, 0.2) is 0 Å². The van der Waals surface area contributed by atoms with Crippen LogP contribution < -0.4 is 0 Å². The lowest BCUT2D eigenvalue weighted by molar-refractivity contribution is -0.137. The minimum atomic E-state index is -4.28. The zero-order valence-corrected chi connectivity index (χ0v) is 14.0. The summed E-state index contributed by atoms with van der Waals surface area (Å²) in [6, 6.07) is 13.3. The second-order valence-electron chi connectivity index (χ2n) is 4.39. The summed E-state index contributed by atoms with van der Waals surface area (Å²) >= 11 is 5.86. The van der Waals surface area contributed by atoms with Crippen LogP contribution >= 0.6 is 38.5 Å². The SMILES string of the molecule is FC(F)(F)c1ccc(CC(Br)c2ccccc2I)cc1. The molecule has 0 heterocycles. The average Bonchev–Trinajstić information content (AvgIpc) is 2.38. The van der Waals surface area contributed by atoms with E-state index in [1.54, 1.807) is 0 Å². The largest absolute Gasteiger partial charge is 0.416 e. The van der Waals surface area contributed by atoms with Gasteiger partial charge >= 0.3 is 6.18 Å². The van der Waals surface area contributed by atoms with Gasteiger partial charge in [0.05, 0.1) is 5.56 Å². The van der Waals surface area contributed by atoms with E-state index in [1.807, 2.05) is 24.3 Å². The molecule has 106 valence electrons. The van der Waals surface area contributed by atoms with E-state index in [2.05, 4.69) is 38.5 Å². The number of hydrogen-bond acceptors (Lipinski definition) is 0. The minimum absolute atomic E-state index is 0.0901. The average molecular weight is 455 g/mol. The molecule has 5 heteroatoms. The number of hydrogen-bond donors (Lipinski definition) is 0. The Balaban J connectivity index is 2.13. The number of alkyl halides is 4. The second-order valence-corrected chi connectivity index (χ2v) is 6.66. The molecule has 0 nitrogen and oxygen atoms in total. The molecule has 0 aliphatic heterocycles. The van der Waals surface area contributed by atoms with Crippen LogP contribution in [-0.2, 0) is 12.6 Å². The standard InChI is InChI=1S/C15H11BrF3I/c16-13(12-3-1-2-4-14(12)20)9-10-5-7-11(8-6-10)15(17,18)19/h1-8,13H,9H2. The molecule has 0 spiro atoms. The lowest BCUT2D eigenvalue weighted by Crippen LogP contribution is -2.05. The summed E-state index contributed by atoms with van der Waals surface area (Å²) in [6.45, 7) is 0. The number of rotatable bonds is 3. The van der Waals surface area contributed by atoms with Crippen LogP contribution in [0.25, 0.3) is 0 Å². The molecule has 0 fully saturated rings. The third-order valence-corrected chi connectivity index (χ3v) is 4.74. The quantitative estimate of drug-likeness (QED) is 0.394. The Hall–Kier alpha value is -0.560. The van der Waals surface area contributed by atoms with Crippen LogP contribution in [-0.4, -0.2) is 0 Å². The molecule has 1 unspecified atom stereocenters. The summed E-state index contributed by atoms with van der Waals surface area (Å²) < 4.78 is 38.6. The molecule has 0 saturated carbocycles. The summed E-state index contributed by atoms with van der Waals surface area (Å²) in [4.78, 5) is 0.0901. The van der Waals surface area contributed by atoms with Crippen LogP contribution in [0, 0.1) is 3.57 Å². The molecule has 2 rings (SSSR count). The van der Waals surface area contributed by atoms with Gasteiger partial charge in [0.25, 0.3) is 0 Å². The van der Waals surface area contributed by atoms with Gasteiger partial charge in [-0.3, -0.25) is 0 Å². The monoisotopic (exact) mass is 454 g/mol. The highest BCUT2D eigenvalue weighted by molar-refractivity contribution is 14.1. The van der Waals surface area contributed by atoms with E-state index >= 15 is 0 Å². The Morgan fingerprint density at radius 1 is 1.00 bits per heavy atom. The zero-order valence-electron chi connectivity index (χ0n) is 10.3. The van der Waals surface area contributed by atoms with Gasteiger partial charge in [0, 0.05) is 8.40 Å². The maximum atomic E-state index is 12.5. The highest BCUT2D eigenvalue weighted by atomic mass is 127. The predicted octanol–water partition coefficient (Wildman–Crippen LogP) is 5.99. The molecule has 0 radical (unpaired) electrons. The summed E-state index contributed by atoms with van der Waals surface area (Å²) in [5.74, 6) is 0.